The van der Waals surface area contributed by atoms with Crippen LogP contribution in [0.25, 0.3) is 17.4 Å². The number of phenolic OH excluding ortho intramolecular Hbond substituents is 2. The molecular weight excluding hydrogens is 380 g/mol. The van der Waals surface area contributed by atoms with Crippen molar-refractivity contribution in [2.45, 2.75) is 26.7 Å². The topological polar surface area (TPSA) is 79.9 Å². The average molecular weight is 402 g/mol. The van der Waals surface area contributed by atoms with Crippen LogP contribution in [0.15, 0.2) is 59.0 Å². The molecule has 2 aromatic carbocycles. The molecule has 0 radical (unpaired) electrons. The minimum Gasteiger partial charge on any atom is -0.508 e. The summed E-state index contributed by atoms with van der Waals surface area (Å²) in [6, 6.07) is 9.94. The number of phenols is 2. The van der Waals surface area contributed by atoms with Crippen LogP contribution in [-0.2, 0) is 12.8 Å². The predicted octanol–water partition coefficient (Wildman–Crippen LogP) is 6.04. The van der Waals surface area contributed by atoms with Crippen molar-refractivity contribution in [3.8, 4) is 34.3 Å². The van der Waals surface area contributed by atoms with Crippen molar-refractivity contribution < 1.29 is 24.2 Å². The van der Waals surface area contributed by atoms with E-state index in [2.05, 4.69) is 6.58 Å². The fraction of sp³-hybridized carbons (Fsp3) is 0.160. The van der Waals surface area contributed by atoms with Gasteiger partial charge in [-0.25, -0.2) is 0 Å². The van der Waals surface area contributed by atoms with Crippen molar-refractivity contribution in [2.24, 2.45) is 0 Å². The lowest BCUT2D eigenvalue weighted by atomic mass is 9.99. The monoisotopic (exact) mass is 402 g/mol. The van der Waals surface area contributed by atoms with Crippen LogP contribution in [-0.4, -0.2) is 16.0 Å². The van der Waals surface area contributed by atoms with Gasteiger partial charge in [-0.1, -0.05) is 18.2 Å². The van der Waals surface area contributed by atoms with Gasteiger partial charge in [0.2, 0.25) is 0 Å². The number of carbonyl (C=O) groups excluding carboxylic acids is 1. The number of fused-ring (bicyclic) bond motifs is 2. The van der Waals surface area contributed by atoms with E-state index >= 15 is 0 Å². The van der Waals surface area contributed by atoms with E-state index < -0.39 is 0 Å². The maximum Gasteiger partial charge on any atom is 0.174 e. The molecule has 1 aliphatic rings. The van der Waals surface area contributed by atoms with E-state index in [0.717, 1.165) is 28.5 Å². The Hall–Kier alpha value is -3.73. The van der Waals surface area contributed by atoms with Crippen LogP contribution in [0, 0.1) is 0 Å². The Morgan fingerprint density at radius 2 is 1.97 bits per heavy atom. The summed E-state index contributed by atoms with van der Waals surface area (Å²) in [5.41, 5.74) is 3.66. The lowest BCUT2D eigenvalue weighted by Crippen LogP contribution is -2.02. The van der Waals surface area contributed by atoms with Gasteiger partial charge in [-0.15, -0.1) is 0 Å². The number of furan rings is 1. The molecule has 5 nitrogen and oxygen atoms in total. The number of allylic oxidation sites excluding steroid dienone is 2. The fourth-order valence-corrected chi connectivity index (χ4v) is 3.64. The molecule has 4 rings (SSSR count). The Bertz CT molecular complexity index is 1200. The summed E-state index contributed by atoms with van der Waals surface area (Å²) in [5.74, 6) is 1.36. The zero-order valence-electron chi connectivity index (χ0n) is 16.9. The number of rotatable bonds is 4. The Kier molecular flexibility index (Phi) is 4.96. The molecular formula is C25H22O5. The molecule has 30 heavy (non-hydrogen) atoms. The molecule has 5 heteroatoms. The molecule has 0 saturated carbocycles. The third kappa shape index (κ3) is 3.62. The summed E-state index contributed by atoms with van der Waals surface area (Å²) in [4.78, 5) is 12.7. The predicted molar refractivity (Wildman–Crippen MR) is 115 cm³/mol. The number of benzene rings is 2. The fourth-order valence-electron chi connectivity index (χ4n) is 3.64. The van der Waals surface area contributed by atoms with E-state index in [0.29, 0.717) is 23.5 Å². The van der Waals surface area contributed by atoms with Crippen LogP contribution in [0.5, 0.6) is 23.0 Å². The maximum absolute atomic E-state index is 12.7. The first kappa shape index (κ1) is 19.6. The number of hydrogen-bond acceptors (Lipinski definition) is 5. The van der Waals surface area contributed by atoms with Gasteiger partial charge in [0.1, 0.15) is 40.1 Å². The Morgan fingerprint density at radius 1 is 1.17 bits per heavy atom. The van der Waals surface area contributed by atoms with Gasteiger partial charge in [0.15, 0.2) is 5.78 Å². The lowest BCUT2D eigenvalue weighted by Gasteiger charge is -2.10. The molecule has 3 aromatic rings. The van der Waals surface area contributed by atoms with E-state index in [1.165, 1.54) is 6.07 Å². The third-order valence-electron chi connectivity index (χ3n) is 4.91. The molecule has 152 valence electrons. The summed E-state index contributed by atoms with van der Waals surface area (Å²) < 4.78 is 11.9. The summed E-state index contributed by atoms with van der Waals surface area (Å²) in [5, 5.41) is 19.9. The van der Waals surface area contributed by atoms with Crippen molar-refractivity contribution >= 4 is 11.9 Å². The highest BCUT2D eigenvalue weighted by Crippen LogP contribution is 2.41. The van der Waals surface area contributed by atoms with Gasteiger partial charge in [-0.05, 0) is 50.6 Å². The van der Waals surface area contributed by atoms with Crippen LogP contribution < -0.4 is 4.74 Å². The van der Waals surface area contributed by atoms with Crippen molar-refractivity contribution in [1.29, 1.82) is 0 Å². The first-order chi connectivity index (χ1) is 14.4. The van der Waals surface area contributed by atoms with Crippen LogP contribution in [0.2, 0.25) is 0 Å². The van der Waals surface area contributed by atoms with E-state index in [1.54, 1.807) is 6.07 Å². The Morgan fingerprint density at radius 3 is 2.70 bits per heavy atom. The molecule has 2 heterocycles. The summed E-state index contributed by atoms with van der Waals surface area (Å²) in [6.07, 6.45) is 4.63. The van der Waals surface area contributed by atoms with Crippen LogP contribution >= 0.6 is 0 Å². The van der Waals surface area contributed by atoms with Gasteiger partial charge >= 0.3 is 0 Å². The highest BCUT2D eigenvalue weighted by molar-refractivity contribution is 6.03. The normalized spacial score (nSPS) is 12.9. The van der Waals surface area contributed by atoms with Gasteiger partial charge in [-0.2, -0.15) is 0 Å². The molecule has 1 aromatic heterocycles. The van der Waals surface area contributed by atoms with Gasteiger partial charge in [0, 0.05) is 35.2 Å². The van der Waals surface area contributed by atoms with Crippen molar-refractivity contribution in [1.82, 2.24) is 0 Å². The van der Waals surface area contributed by atoms with Gasteiger partial charge in [0.25, 0.3) is 0 Å². The maximum atomic E-state index is 12.7. The second-order valence-electron chi connectivity index (χ2n) is 7.50. The average Bonchev–Trinajstić information content (AvgIpc) is 2.97. The molecule has 0 unspecified atom stereocenters. The molecule has 0 aliphatic carbocycles. The largest absolute Gasteiger partial charge is 0.508 e. The summed E-state index contributed by atoms with van der Waals surface area (Å²) in [7, 11) is 0. The first-order valence-electron chi connectivity index (χ1n) is 9.66. The highest BCUT2D eigenvalue weighted by atomic mass is 16.5. The SMILES string of the molecule is C=C(C)Cc1cc(-c2ccc3c(c2)CC(=O)c2c(O)cc(O)cc2O3)oc1/C=C\C. The molecule has 1 aliphatic heterocycles. The molecule has 0 saturated heterocycles. The molecule has 0 spiro atoms. The standard InChI is InChI=1S/C25H22O5/c1-4-5-21-16(8-14(2)3)11-23(29-21)15-6-7-22-17(9-15)10-19(27)25-20(28)12-18(26)13-24(25)30-22/h4-7,9,11-13,26,28H,2,8,10H2,1,3H3/b5-4-. The van der Waals surface area contributed by atoms with Crippen molar-refractivity contribution in [3.05, 3.63) is 77.1 Å². The Labute approximate surface area is 174 Å². The van der Waals surface area contributed by atoms with Crippen LogP contribution in [0.4, 0.5) is 0 Å². The van der Waals surface area contributed by atoms with Gasteiger partial charge in [0.05, 0.1) is 0 Å². The van der Waals surface area contributed by atoms with E-state index in [9.17, 15) is 15.0 Å². The molecule has 0 atom stereocenters. The number of hydrogen-bond donors (Lipinski definition) is 2. The number of carbonyl (C=O) groups is 1. The van der Waals surface area contributed by atoms with Crippen LogP contribution in [0.3, 0.4) is 0 Å². The van der Waals surface area contributed by atoms with Gasteiger partial charge < -0.3 is 19.4 Å². The number of ketones is 1. The summed E-state index contributed by atoms with van der Waals surface area (Å²) >= 11 is 0. The van der Waals surface area contributed by atoms with Crippen molar-refractivity contribution in [3.63, 3.8) is 0 Å². The quantitative estimate of drug-likeness (QED) is 0.520. The number of aromatic hydroxyl groups is 2. The molecule has 0 fully saturated rings. The van der Waals surface area contributed by atoms with E-state index in [4.69, 9.17) is 9.15 Å². The molecule has 0 amide bonds. The minimum absolute atomic E-state index is 0.0650. The van der Waals surface area contributed by atoms with E-state index in [1.807, 2.05) is 44.2 Å². The van der Waals surface area contributed by atoms with Crippen molar-refractivity contribution in [2.75, 3.05) is 0 Å². The molecule has 0 bridgehead atoms. The molecule has 2 N–H and O–H groups in total. The third-order valence-corrected chi connectivity index (χ3v) is 4.91. The second kappa shape index (κ2) is 7.59. The van der Waals surface area contributed by atoms with Gasteiger partial charge in [-0.3, -0.25) is 4.79 Å². The lowest BCUT2D eigenvalue weighted by molar-refractivity contribution is 0.0991. The zero-order chi connectivity index (χ0) is 21.4. The summed E-state index contributed by atoms with van der Waals surface area (Å²) in [6.45, 7) is 7.89. The highest BCUT2D eigenvalue weighted by Gasteiger charge is 2.26. The zero-order valence-corrected chi connectivity index (χ0v) is 16.9. The minimum atomic E-state index is -0.297. The smallest absolute Gasteiger partial charge is 0.174 e. The Balaban J connectivity index is 1.75. The first-order valence-corrected chi connectivity index (χ1v) is 9.66. The number of Topliss-reactive ketones (excluding diaryl/α,β-unsaturated/α-hetero) is 1. The van der Waals surface area contributed by atoms with E-state index in [-0.39, 0.29) is 35.0 Å². The number of ether oxygens (including phenoxy) is 1. The second-order valence-corrected chi connectivity index (χ2v) is 7.50. The van der Waals surface area contributed by atoms with Crippen LogP contribution in [0.1, 0.15) is 41.1 Å².